The van der Waals surface area contributed by atoms with Gasteiger partial charge in [0.05, 0.1) is 7.11 Å². The number of aromatic amines is 1. The van der Waals surface area contributed by atoms with Crippen molar-refractivity contribution in [1.29, 1.82) is 0 Å². The quantitative estimate of drug-likeness (QED) is 0.300. The van der Waals surface area contributed by atoms with Gasteiger partial charge in [-0.3, -0.25) is 4.79 Å². The van der Waals surface area contributed by atoms with E-state index in [-0.39, 0.29) is 17.5 Å². The van der Waals surface area contributed by atoms with Gasteiger partial charge >= 0.3 is 6.03 Å². The van der Waals surface area contributed by atoms with Crippen molar-refractivity contribution in [3.63, 3.8) is 0 Å². The number of rotatable bonds is 6. The minimum absolute atomic E-state index is 0.143. The molecule has 3 N–H and O–H groups in total. The van der Waals surface area contributed by atoms with Gasteiger partial charge in [0, 0.05) is 22.8 Å². The molecule has 2 aromatic heterocycles. The van der Waals surface area contributed by atoms with Crippen LogP contribution >= 0.6 is 0 Å². The number of pyridine rings is 2. The molecule has 4 aromatic rings. The summed E-state index contributed by atoms with van der Waals surface area (Å²) in [4.78, 5) is 33.6. The van der Waals surface area contributed by atoms with Crippen LogP contribution in [-0.2, 0) is 0 Å². The van der Waals surface area contributed by atoms with Crippen LogP contribution in [0.5, 0.6) is 5.75 Å². The van der Waals surface area contributed by atoms with Crippen LogP contribution in [0, 0.1) is 0 Å². The zero-order valence-electron chi connectivity index (χ0n) is 20.6. The standard InChI is InChI=1S/C28H30N4O3/c1-16(2)20-11-7-12-21(17(3)4)24(20)30-28(34)31-25-23(18-9-6-10-19(15-18)35-5)22-13-8-14-29-26(22)32-27(25)33/h6-17H,1-5H3,(H,29,32,33)(H2,30,31,34). The summed E-state index contributed by atoms with van der Waals surface area (Å²) in [6.45, 7) is 8.35. The Morgan fingerprint density at radius 1 is 0.914 bits per heavy atom. The molecule has 0 aliphatic carbocycles. The Labute approximate surface area is 204 Å². The van der Waals surface area contributed by atoms with E-state index in [4.69, 9.17) is 4.74 Å². The van der Waals surface area contributed by atoms with E-state index < -0.39 is 11.6 Å². The van der Waals surface area contributed by atoms with E-state index in [0.717, 1.165) is 22.4 Å². The first-order chi connectivity index (χ1) is 16.8. The predicted molar refractivity (Wildman–Crippen MR) is 142 cm³/mol. The number of fused-ring (bicyclic) bond motifs is 1. The number of ether oxygens (including phenoxy) is 1. The van der Waals surface area contributed by atoms with Gasteiger partial charge in [0.25, 0.3) is 5.56 Å². The topological polar surface area (TPSA) is 96.1 Å². The fourth-order valence-electron chi connectivity index (χ4n) is 4.28. The highest BCUT2D eigenvalue weighted by atomic mass is 16.5. The SMILES string of the molecule is COc1cccc(-c2c(NC(=O)Nc3c(C(C)C)cccc3C(C)C)c(=O)[nH]c3ncccc23)c1. The first-order valence-electron chi connectivity index (χ1n) is 11.7. The summed E-state index contributed by atoms with van der Waals surface area (Å²) in [6, 6.07) is 16.6. The molecule has 35 heavy (non-hydrogen) atoms. The van der Waals surface area contributed by atoms with Crippen molar-refractivity contribution in [2.24, 2.45) is 0 Å². The van der Waals surface area contributed by atoms with Crippen LogP contribution < -0.4 is 20.9 Å². The molecule has 0 fully saturated rings. The molecule has 0 unspecified atom stereocenters. The number of carbonyl (C=O) groups is 1. The van der Waals surface area contributed by atoms with Gasteiger partial charge in [0.2, 0.25) is 0 Å². The van der Waals surface area contributed by atoms with Crippen molar-refractivity contribution >= 4 is 28.4 Å². The molecule has 2 aromatic carbocycles. The van der Waals surface area contributed by atoms with E-state index in [0.29, 0.717) is 22.3 Å². The molecule has 0 aliphatic heterocycles. The Morgan fingerprint density at radius 3 is 2.23 bits per heavy atom. The van der Waals surface area contributed by atoms with E-state index in [1.165, 1.54) is 0 Å². The third-order valence-electron chi connectivity index (χ3n) is 5.99. The van der Waals surface area contributed by atoms with Gasteiger partial charge in [-0.2, -0.15) is 0 Å². The molecule has 2 heterocycles. The first-order valence-corrected chi connectivity index (χ1v) is 11.7. The van der Waals surface area contributed by atoms with Gasteiger partial charge in [-0.05, 0) is 52.8 Å². The number of carbonyl (C=O) groups excluding carboxylic acids is 1. The van der Waals surface area contributed by atoms with Gasteiger partial charge in [0.15, 0.2) is 0 Å². The Hall–Kier alpha value is -4.13. The lowest BCUT2D eigenvalue weighted by molar-refractivity contribution is 0.262. The molecule has 0 aliphatic rings. The van der Waals surface area contributed by atoms with E-state index >= 15 is 0 Å². The maximum absolute atomic E-state index is 13.3. The number of anilines is 2. The zero-order chi connectivity index (χ0) is 25.1. The average molecular weight is 471 g/mol. The molecule has 0 bridgehead atoms. The molecule has 0 atom stereocenters. The lowest BCUT2D eigenvalue weighted by atomic mass is 9.93. The molecule has 0 saturated heterocycles. The van der Waals surface area contributed by atoms with E-state index in [1.807, 2.05) is 48.5 Å². The smallest absolute Gasteiger partial charge is 0.323 e. The number of amides is 2. The Kier molecular flexibility index (Phi) is 6.87. The van der Waals surface area contributed by atoms with Crippen molar-refractivity contribution in [3.8, 4) is 16.9 Å². The van der Waals surface area contributed by atoms with Crippen LogP contribution in [0.4, 0.5) is 16.2 Å². The fraction of sp³-hybridized carbons (Fsp3) is 0.250. The number of para-hydroxylation sites is 1. The molecular weight excluding hydrogens is 440 g/mol. The maximum atomic E-state index is 13.3. The van der Waals surface area contributed by atoms with Crippen LogP contribution in [0.2, 0.25) is 0 Å². The summed E-state index contributed by atoms with van der Waals surface area (Å²) in [5.74, 6) is 1.07. The minimum Gasteiger partial charge on any atom is -0.497 e. The van der Waals surface area contributed by atoms with Gasteiger partial charge in [0.1, 0.15) is 17.1 Å². The fourth-order valence-corrected chi connectivity index (χ4v) is 4.28. The van der Waals surface area contributed by atoms with Crippen molar-refractivity contribution < 1.29 is 9.53 Å². The number of benzene rings is 2. The summed E-state index contributed by atoms with van der Waals surface area (Å²) in [7, 11) is 1.58. The molecule has 180 valence electrons. The summed E-state index contributed by atoms with van der Waals surface area (Å²) in [6.07, 6.45) is 1.61. The molecule has 2 amide bonds. The number of urea groups is 1. The summed E-state index contributed by atoms with van der Waals surface area (Å²) in [5.41, 5.74) is 4.30. The molecule has 4 rings (SSSR count). The van der Waals surface area contributed by atoms with E-state index in [2.05, 4.69) is 48.3 Å². The number of hydrogen-bond donors (Lipinski definition) is 3. The van der Waals surface area contributed by atoms with Crippen molar-refractivity contribution in [2.75, 3.05) is 17.7 Å². The second-order valence-electron chi connectivity index (χ2n) is 9.04. The van der Waals surface area contributed by atoms with Gasteiger partial charge in [-0.1, -0.05) is 58.0 Å². The van der Waals surface area contributed by atoms with Gasteiger partial charge in [-0.15, -0.1) is 0 Å². The average Bonchev–Trinajstić information content (AvgIpc) is 2.84. The van der Waals surface area contributed by atoms with E-state index in [1.54, 1.807) is 19.4 Å². The van der Waals surface area contributed by atoms with Crippen molar-refractivity contribution in [2.45, 2.75) is 39.5 Å². The van der Waals surface area contributed by atoms with Crippen LogP contribution in [0.3, 0.4) is 0 Å². The van der Waals surface area contributed by atoms with Gasteiger partial charge < -0.3 is 20.4 Å². The largest absolute Gasteiger partial charge is 0.497 e. The number of nitrogens with zero attached hydrogens (tertiary/aromatic N) is 1. The van der Waals surface area contributed by atoms with Crippen molar-refractivity contribution in [1.82, 2.24) is 9.97 Å². The Balaban J connectivity index is 1.82. The minimum atomic E-state index is -0.488. The monoisotopic (exact) mass is 470 g/mol. The summed E-state index contributed by atoms with van der Waals surface area (Å²) >= 11 is 0. The van der Waals surface area contributed by atoms with Crippen LogP contribution in [0.15, 0.2) is 65.6 Å². The van der Waals surface area contributed by atoms with Gasteiger partial charge in [-0.25, -0.2) is 9.78 Å². The second-order valence-corrected chi connectivity index (χ2v) is 9.04. The summed E-state index contributed by atoms with van der Waals surface area (Å²) in [5, 5.41) is 6.56. The van der Waals surface area contributed by atoms with Crippen LogP contribution in [0.25, 0.3) is 22.2 Å². The predicted octanol–water partition coefficient (Wildman–Crippen LogP) is 6.49. The highest BCUT2D eigenvalue weighted by Gasteiger charge is 2.20. The molecular formula is C28H30N4O3. The van der Waals surface area contributed by atoms with E-state index in [9.17, 15) is 9.59 Å². The molecule has 0 radical (unpaired) electrons. The lowest BCUT2D eigenvalue weighted by Gasteiger charge is -2.21. The highest BCUT2D eigenvalue weighted by Crippen LogP contribution is 2.35. The number of H-pyrrole nitrogens is 1. The molecule has 0 spiro atoms. The third kappa shape index (κ3) is 4.89. The normalized spacial score (nSPS) is 11.2. The first kappa shape index (κ1) is 24.0. The third-order valence-corrected chi connectivity index (χ3v) is 5.99. The molecule has 7 nitrogen and oxygen atoms in total. The maximum Gasteiger partial charge on any atom is 0.323 e. The lowest BCUT2D eigenvalue weighted by Crippen LogP contribution is -2.26. The second kappa shape index (κ2) is 10.0. The highest BCUT2D eigenvalue weighted by molar-refractivity contribution is 6.07. The summed E-state index contributed by atoms with van der Waals surface area (Å²) < 4.78 is 5.39. The number of methoxy groups -OCH3 is 1. The number of nitrogens with one attached hydrogen (secondary N) is 3. The Morgan fingerprint density at radius 2 is 1.57 bits per heavy atom. The molecule has 0 saturated carbocycles. The number of aromatic nitrogens is 2. The zero-order valence-corrected chi connectivity index (χ0v) is 20.6. The van der Waals surface area contributed by atoms with Crippen LogP contribution in [-0.4, -0.2) is 23.1 Å². The van der Waals surface area contributed by atoms with Crippen LogP contribution in [0.1, 0.15) is 50.7 Å². The van der Waals surface area contributed by atoms with Crippen molar-refractivity contribution in [3.05, 3.63) is 82.3 Å². The number of hydrogen-bond acceptors (Lipinski definition) is 4. The molecule has 7 heteroatoms. The Bertz CT molecular complexity index is 1410.